The second-order valence-corrected chi connectivity index (χ2v) is 9.13. The fourth-order valence-corrected chi connectivity index (χ4v) is 5.34. The Morgan fingerprint density at radius 2 is 1.97 bits per heavy atom. The highest BCUT2D eigenvalue weighted by Gasteiger charge is 2.30. The number of hydrogen-bond acceptors (Lipinski definition) is 6. The number of hydrogen-bond donors (Lipinski definition) is 2. The molecule has 0 fully saturated rings. The molecule has 3 heterocycles. The van der Waals surface area contributed by atoms with E-state index in [1.165, 1.54) is 22.9 Å². The molecule has 5 rings (SSSR count). The third-order valence-corrected chi connectivity index (χ3v) is 6.93. The molecule has 0 unspecified atom stereocenters. The van der Waals surface area contributed by atoms with Crippen LogP contribution in [0.5, 0.6) is 0 Å². The van der Waals surface area contributed by atoms with Crippen LogP contribution in [0.4, 0.5) is 17.3 Å². The van der Waals surface area contributed by atoms with Gasteiger partial charge in [0.05, 0.1) is 27.2 Å². The molecule has 3 aromatic rings. The number of benzene rings is 2. The molecular formula is C22H19Cl2N5OS. The molecule has 31 heavy (non-hydrogen) atoms. The number of para-hydroxylation sites is 1. The van der Waals surface area contributed by atoms with Crippen molar-refractivity contribution < 1.29 is 4.79 Å². The monoisotopic (exact) mass is 471 g/mol. The molecule has 2 aromatic carbocycles. The van der Waals surface area contributed by atoms with E-state index in [-0.39, 0.29) is 5.91 Å². The Morgan fingerprint density at radius 3 is 2.81 bits per heavy atom. The van der Waals surface area contributed by atoms with Crippen LogP contribution in [0.25, 0.3) is 0 Å². The summed E-state index contributed by atoms with van der Waals surface area (Å²) in [4.78, 5) is 23.6. The second-order valence-electron chi connectivity index (χ2n) is 7.38. The van der Waals surface area contributed by atoms with E-state index in [1.807, 2.05) is 6.07 Å². The van der Waals surface area contributed by atoms with Crippen LogP contribution in [0.15, 0.2) is 47.6 Å². The number of carbonyl (C=O) groups is 1. The number of fused-ring (bicyclic) bond motifs is 2. The summed E-state index contributed by atoms with van der Waals surface area (Å²) in [6.07, 6.45) is 3.79. The van der Waals surface area contributed by atoms with Crippen LogP contribution >= 0.6 is 35.0 Å². The van der Waals surface area contributed by atoms with Gasteiger partial charge in [-0.3, -0.25) is 9.69 Å². The zero-order valence-electron chi connectivity index (χ0n) is 16.5. The van der Waals surface area contributed by atoms with Gasteiger partial charge in [0.2, 0.25) is 5.95 Å². The van der Waals surface area contributed by atoms with Crippen molar-refractivity contribution in [2.45, 2.75) is 24.4 Å². The smallest absolute Gasteiger partial charge is 0.263 e. The Kier molecular flexibility index (Phi) is 5.75. The SMILES string of the molecule is O=C1c2cnc(Nc3ccc4c(c3)CNCCC4)nc2SCN1c1c(Cl)cccc1Cl. The van der Waals surface area contributed by atoms with Gasteiger partial charge in [-0.1, -0.05) is 47.1 Å². The normalized spacial score (nSPS) is 15.8. The van der Waals surface area contributed by atoms with Crippen LogP contribution in [0.2, 0.25) is 10.0 Å². The minimum absolute atomic E-state index is 0.216. The van der Waals surface area contributed by atoms with Crippen LogP contribution < -0.4 is 15.5 Å². The first kappa shape index (κ1) is 20.6. The number of rotatable bonds is 3. The number of nitrogens with zero attached hydrogens (tertiary/aromatic N) is 3. The first-order chi connectivity index (χ1) is 15.1. The Labute approximate surface area is 194 Å². The molecular weight excluding hydrogens is 453 g/mol. The summed E-state index contributed by atoms with van der Waals surface area (Å²) in [5.74, 6) is 0.618. The number of aromatic nitrogens is 2. The maximum atomic E-state index is 13.1. The Bertz CT molecular complexity index is 1150. The standard InChI is InChI=1S/C22H19Cl2N5OS/c23-17-4-1-5-18(24)19(17)29-12-31-20-16(21(29)30)11-26-22(28-20)27-15-7-6-13-3-2-8-25-10-14(13)9-15/h1,4-7,9,11,25H,2-3,8,10,12H2,(H,26,27,28). The Balaban J connectivity index is 1.39. The molecule has 1 aromatic heterocycles. The summed E-state index contributed by atoms with van der Waals surface area (Å²) in [5, 5.41) is 8.21. The summed E-state index contributed by atoms with van der Waals surface area (Å²) in [6, 6.07) is 11.5. The molecule has 0 aliphatic carbocycles. The minimum Gasteiger partial charge on any atom is -0.324 e. The number of amides is 1. The minimum atomic E-state index is -0.216. The maximum Gasteiger partial charge on any atom is 0.263 e. The molecule has 0 saturated carbocycles. The third kappa shape index (κ3) is 4.11. The fourth-order valence-electron chi connectivity index (χ4n) is 3.79. The average Bonchev–Trinajstić information content (AvgIpc) is 3.00. The lowest BCUT2D eigenvalue weighted by molar-refractivity contribution is 0.0985. The van der Waals surface area contributed by atoms with E-state index in [9.17, 15) is 4.79 Å². The van der Waals surface area contributed by atoms with E-state index in [1.54, 1.807) is 29.3 Å². The van der Waals surface area contributed by atoms with E-state index in [0.717, 1.165) is 31.6 Å². The number of aryl methyl sites for hydroxylation is 1. The third-order valence-electron chi connectivity index (χ3n) is 5.34. The highest BCUT2D eigenvalue weighted by Crippen LogP contribution is 2.39. The van der Waals surface area contributed by atoms with Crippen molar-refractivity contribution in [1.82, 2.24) is 15.3 Å². The van der Waals surface area contributed by atoms with Gasteiger partial charge in [0.15, 0.2) is 0 Å². The zero-order chi connectivity index (χ0) is 21.4. The lowest BCUT2D eigenvalue weighted by Crippen LogP contribution is -2.35. The van der Waals surface area contributed by atoms with Gasteiger partial charge < -0.3 is 10.6 Å². The molecule has 1 amide bonds. The summed E-state index contributed by atoms with van der Waals surface area (Å²) in [5.41, 5.74) is 4.54. The van der Waals surface area contributed by atoms with Crippen LogP contribution in [-0.2, 0) is 13.0 Å². The number of carbonyl (C=O) groups excluding carboxylic acids is 1. The van der Waals surface area contributed by atoms with Crippen molar-refractivity contribution in [2.75, 3.05) is 22.6 Å². The van der Waals surface area contributed by atoms with Gasteiger partial charge in [0, 0.05) is 18.4 Å². The summed E-state index contributed by atoms with van der Waals surface area (Å²) in [6.45, 7) is 1.90. The van der Waals surface area contributed by atoms with E-state index < -0.39 is 0 Å². The van der Waals surface area contributed by atoms with Crippen molar-refractivity contribution >= 4 is 58.2 Å². The first-order valence-corrected chi connectivity index (χ1v) is 11.7. The molecule has 0 atom stereocenters. The maximum absolute atomic E-state index is 13.1. The number of nitrogens with one attached hydrogen (secondary N) is 2. The van der Waals surface area contributed by atoms with E-state index in [4.69, 9.17) is 23.2 Å². The van der Waals surface area contributed by atoms with Crippen LogP contribution in [-0.4, -0.2) is 28.3 Å². The fraction of sp³-hybridized carbons (Fsp3) is 0.227. The molecule has 9 heteroatoms. The molecule has 158 valence electrons. The number of halogens is 2. The molecule has 2 aliphatic heterocycles. The van der Waals surface area contributed by atoms with Crippen molar-refractivity contribution in [3.05, 3.63) is 69.3 Å². The van der Waals surface area contributed by atoms with Crippen molar-refractivity contribution in [1.29, 1.82) is 0 Å². The number of anilines is 3. The predicted octanol–water partition coefficient (Wildman–Crippen LogP) is 5.27. The largest absolute Gasteiger partial charge is 0.324 e. The van der Waals surface area contributed by atoms with Gasteiger partial charge in [0.1, 0.15) is 5.03 Å². The molecule has 0 spiro atoms. The van der Waals surface area contributed by atoms with Crippen molar-refractivity contribution in [3.63, 3.8) is 0 Å². The second kappa shape index (κ2) is 8.67. The van der Waals surface area contributed by atoms with Crippen LogP contribution in [0.3, 0.4) is 0 Å². The Morgan fingerprint density at radius 1 is 1.13 bits per heavy atom. The molecule has 2 aliphatic rings. The van der Waals surface area contributed by atoms with Gasteiger partial charge in [-0.05, 0) is 54.8 Å². The van der Waals surface area contributed by atoms with Gasteiger partial charge >= 0.3 is 0 Å². The van der Waals surface area contributed by atoms with Crippen LogP contribution in [0.1, 0.15) is 27.9 Å². The van der Waals surface area contributed by atoms with Crippen LogP contribution in [0, 0.1) is 0 Å². The molecule has 2 N–H and O–H groups in total. The summed E-state index contributed by atoms with van der Waals surface area (Å²) < 4.78 is 0. The molecule has 0 radical (unpaired) electrons. The van der Waals surface area contributed by atoms with Crippen molar-refractivity contribution in [3.8, 4) is 0 Å². The van der Waals surface area contributed by atoms with Gasteiger partial charge in [0.25, 0.3) is 5.91 Å². The lowest BCUT2D eigenvalue weighted by atomic mass is 10.0. The molecule has 0 bridgehead atoms. The van der Waals surface area contributed by atoms with E-state index in [2.05, 4.69) is 32.7 Å². The molecule has 6 nitrogen and oxygen atoms in total. The highest BCUT2D eigenvalue weighted by atomic mass is 35.5. The van der Waals surface area contributed by atoms with Gasteiger partial charge in [-0.25, -0.2) is 9.97 Å². The zero-order valence-corrected chi connectivity index (χ0v) is 18.8. The van der Waals surface area contributed by atoms with Gasteiger partial charge in [-0.15, -0.1) is 0 Å². The highest BCUT2D eigenvalue weighted by molar-refractivity contribution is 7.99. The van der Waals surface area contributed by atoms with Gasteiger partial charge in [-0.2, -0.15) is 0 Å². The number of thioether (sulfide) groups is 1. The molecule has 0 saturated heterocycles. The Hall–Kier alpha value is -2.32. The average molecular weight is 472 g/mol. The van der Waals surface area contributed by atoms with E-state index in [0.29, 0.717) is 38.1 Å². The quantitative estimate of drug-likeness (QED) is 0.506. The topological polar surface area (TPSA) is 70.1 Å². The summed E-state index contributed by atoms with van der Waals surface area (Å²) in [7, 11) is 0. The summed E-state index contributed by atoms with van der Waals surface area (Å²) >= 11 is 14.0. The van der Waals surface area contributed by atoms with E-state index >= 15 is 0 Å². The lowest BCUT2D eigenvalue weighted by Gasteiger charge is -2.28. The predicted molar refractivity (Wildman–Crippen MR) is 126 cm³/mol. The van der Waals surface area contributed by atoms with Crippen molar-refractivity contribution in [2.24, 2.45) is 0 Å². The first-order valence-electron chi connectivity index (χ1n) is 9.95.